The van der Waals surface area contributed by atoms with Crippen molar-refractivity contribution in [2.45, 2.75) is 4.90 Å². The highest BCUT2D eigenvalue weighted by Crippen LogP contribution is 2.31. The zero-order valence-electron chi connectivity index (χ0n) is 8.65. The third-order valence-electron chi connectivity index (χ3n) is 2.26. The average Bonchev–Trinajstić information content (AvgIpc) is 2.28. The van der Waals surface area contributed by atoms with Crippen molar-refractivity contribution in [3.05, 3.63) is 24.4 Å². The SMILES string of the molecule is COc1cc(N)c2nccc(SC)c2c1. The molecule has 0 amide bonds. The van der Waals surface area contributed by atoms with Crippen molar-refractivity contribution in [1.82, 2.24) is 4.98 Å². The van der Waals surface area contributed by atoms with Gasteiger partial charge in [0.2, 0.25) is 0 Å². The zero-order chi connectivity index (χ0) is 10.8. The summed E-state index contributed by atoms with van der Waals surface area (Å²) in [6.07, 6.45) is 3.81. The Kier molecular flexibility index (Phi) is 2.68. The van der Waals surface area contributed by atoms with Gasteiger partial charge in [0.25, 0.3) is 0 Å². The molecular weight excluding hydrogens is 208 g/mol. The minimum Gasteiger partial charge on any atom is -0.497 e. The topological polar surface area (TPSA) is 48.1 Å². The summed E-state index contributed by atoms with van der Waals surface area (Å²) in [7, 11) is 1.63. The molecule has 0 bridgehead atoms. The second-order valence-electron chi connectivity index (χ2n) is 3.13. The van der Waals surface area contributed by atoms with Gasteiger partial charge < -0.3 is 10.5 Å². The maximum Gasteiger partial charge on any atom is 0.121 e. The summed E-state index contributed by atoms with van der Waals surface area (Å²) >= 11 is 1.68. The molecule has 0 aliphatic rings. The maximum atomic E-state index is 5.90. The Hall–Kier alpha value is -1.42. The highest BCUT2D eigenvalue weighted by atomic mass is 32.2. The van der Waals surface area contributed by atoms with Gasteiger partial charge >= 0.3 is 0 Å². The summed E-state index contributed by atoms with van der Waals surface area (Å²) in [6, 6.07) is 5.73. The number of nitrogens with zero attached hydrogens (tertiary/aromatic N) is 1. The Bertz CT molecular complexity index is 499. The summed E-state index contributed by atoms with van der Waals surface area (Å²) in [6.45, 7) is 0. The average molecular weight is 220 g/mol. The molecule has 0 atom stereocenters. The number of nitrogen functional groups attached to an aromatic ring is 1. The normalized spacial score (nSPS) is 10.5. The summed E-state index contributed by atoms with van der Waals surface area (Å²) in [5.74, 6) is 0.767. The summed E-state index contributed by atoms with van der Waals surface area (Å²) in [4.78, 5) is 5.43. The van der Waals surface area contributed by atoms with Crippen LogP contribution < -0.4 is 10.5 Å². The van der Waals surface area contributed by atoms with Crippen LogP contribution in [0.2, 0.25) is 0 Å². The minimum atomic E-state index is 0.653. The second kappa shape index (κ2) is 3.98. The van der Waals surface area contributed by atoms with Crippen LogP contribution in [-0.2, 0) is 0 Å². The van der Waals surface area contributed by atoms with Crippen molar-refractivity contribution in [1.29, 1.82) is 0 Å². The van der Waals surface area contributed by atoms with Crippen LogP contribution in [0.25, 0.3) is 10.9 Å². The molecule has 0 saturated carbocycles. The Morgan fingerprint density at radius 2 is 2.20 bits per heavy atom. The van der Waals surface area contributed by atoms with Crippen molar-refractivity contribution in [2.75, 3.05) is 19.1 Å². The predicted molar refractivity (Wildman–Crippen MR) is 64.5 cm³/mol. The third-order valence-corrected chi connectivity index (χ3v) is 3.06. The fourth-order valence-corrected chi connectivity index (χ4v) is 2.10. The van der Waals surface area contributed by atoms with E-state index in [2.05, 4.69) is 4.98 Å². The van der Waals surface area contributed by atoms with Crippen molar-refractivity contribution >= 4 is 28.4 Å². The standard InChI is InChI=1S/C11H12N2OS/c1-14-7-5-8-10(15-2)3-4-13-11(8)9(12)6-7/h3-6H,12H2,1-2H3. The number of ether oxygens (including phenoxy) is 1. The molecule has 0 spiro atoms. The van der Waals surface area contributed by atoms with E-state index in [-0.39, 0.29) is 0 Å². The molecule has 0 unspecified atom stereocenters. The van der Waals surface area contributed by atoms with E-state index in [1.54, 1.807) is 31.1 Å². The molecule has 0 saturated heterocycles. The number of rotatable bonds is 2. The number of anilines is 1. The molecule has 3 nitrogen and oxygen atoms in total. The molecular formula is C11H12N2OS. The smallest absolute Gasteiger partial charge is 0.121 e. The number of hydrogen-bond donors (Lipinski definition) is 1. The fourth-order valence-electron chi connectivity index (χ4n) is 1.53. The van der Waals surface area contributed by atoms with Crippen LogP contribution in [0.15, 0.2) is 29.3 Å². The van der Waals surface area contributed by atoms with Gasteiger partial charge in [-0.2, -0.15) is 0 Å². The number of nitrogens with two attached hydrogens (primary N) is 1. The third kappa shape index (κ3) is 1.72. The lowest BCUT2D eigenvalue weighted by Gasteiger charge is -2.08. The molecule has 2 N–H and O–H groups in total. The van der Waals surface area contributed by atoms with Gasteiger partial charge in [-0.05, 0) is 18.4 Å². The lowest BCUT2D eigenvalue weighted by Crippen LogP contribution is -1.93. The Balaban J connectivity index is 2.79. The first-order valence-corrected chi connectivity index (χ1v) is 5.75. The molecule has 0 aliphatic carbocycles. The first-order valence-electron chi connectivity index (χ1n) is 4.52. The van der Waals surface area contributed by atoms with E-state index in [1.165, 1.54) is 0 Å². The fraction of sp³-hybridized carbons (Fsp3) is 0.182. The number of benzene rings is 1. The number of fused-ring (bicyclic) bond motifs is 1. The summed E-state index contributed by atoms with van der Waals surface area (Å²) in [5, 5.41) is 1.04. The lowest BCUT2D eigenvalue weighted by molar-refractivity contribution is 0.415. The number of thioether (sulfide) groups is 1. The number of methoxy groups -OCH3 is 1. The molecule has 1 heterocycles. The molecule has 78 valence electrons. The number of aromatic nitrogens is 1. The summed E-state index contributed by atoms with van der Waals surface area (Å²) in [5.41, 5.74) is 7.39. The molecule has 0 aliphatic heterocycles. The van der Waals surface area contributed by atoms with E-state index in [0.29, 0.717) is 5.69 Å². The molecule has 1 aromatic heterocycles. The zero-order valence-corrected chi connectivity index (χ0v) is 9.47. The van der Waals surface area contributed by atoms with Gasteiger partial charge in [0.1, 0.15) is 5.75 Å². The van der Waals surface area contributed by atoms with Crippen molar-refractivity contribution in [2.24, 2.45) is 0 Å². The van der Waals surface area contributed by atoms with Crippen LogP contribution >= 0.6 is 11.8 Å². The van der Waals surface area contributed by atoms with Gasteiger partial charge in [0.15, 0.2) is 0 Å². The van der Waals surface area contributed by atoms with Gasteiger partial charge in [-0.3, -0.25) is 4.98 Å². The number of hydrogen-bond acceptors (Lipinski definition) is 4. The molecule has 2 aromatic rings. The van der Waals surface area contributed by atoms with E-state index in [0.717, 1.165) is 21.5 Å². The van der Waals surface area contributed by atoms with Crippen molar-refractivity contribution < 1.29 is 4.74 Å². The lowest BCUT2D eigenvalue weighted by atomic mass is 10.2. The summed E-state index contributed by atoms with van der Waals surface area (Å²) < 4.78 is 5.19. The van der Waals surface area contributed by atoms with Crippen LogP contribution in [0.1, 0.15) is 0 Å². The van der Waals surface area contributed by atoms with Gasteiger partial charge in [0.05, 0.1) is 18.3 Å². The first kappa shape index (κ1) is 10.1. The Labute approximate surface area is 92.6 Å². The quantitative estimate of drug-likeness (QED) is 0.624. The van der Waals surface area contributed by atoms with E-state index in [1.807, 2.05) is 18.4 Å². The van der Waals surface area contributed by atoms with E-state index >= 15 is 0 Å². The van der Waals surface area contributed by atoms with Crippen LogP contribution in [-0.4, -0.2) is 18.3 Å². The molecule has 0 radical (unpaired) electrons. The Morgan fingerprint density at radius 1 is 1.40 bits per heavy atom. The first-order chi connectivity index (χ1) is 7.26. The van der Waals surface area contributed by atoms with Gasteiger partial charge in [-0.15, -0.1) is 11.8 Å². The molecule has 2 rings (SSSR count). The highest BCUT2D eigenvalue weighted by Gasteiger charge is 2.06. The van der Waals surface area contributed by atoms with Crippen LogP contribution in [0, 0.1) is 0 Å². The molecule has 4 heteroatoms. The minimum absolute atomic E-state index is 0.653. The van der Waals surface area contributed by atoms with Gasteiger partial charge in [0, 0.05) is 22.5 Å². The second-order valence-corrected chi connectivity index (χ2v) is 3.97. The van der Waals surface area contributed by atoms with Gasteiger partial charge in [-0.1, -0.05) is 0 Å². The molecule has 15 heavy (non-hydrogen) atoms. The number of pyridine rings is 1. The molecule has 0 fully saturated rings. The van der Waals surface area contributed by atoms with E-state index in [9.17, 15) is 0 Å². The highest BCUT2D eigenvalue weighted by molar-refractivity contribution is 7.98. The van der Waals surface area contributed by atoms with E-state index in [4.69, 9.17) is 10.5 Å². The molecule has 1 aromatic carbocycles. The predicted octanol–water partition coefficient (Wildman–Crippen LogP) is 2.55. The van der Waals surface area contributed by atoms with Crippen LogP contribution in [0.3, 0.4) is 0 Å². The monoisotopic (exact) mass is 220 g/mol. The van der Waals surface area contributed by atoms with Crippen LogP contribution in [0.4, 0.5) is 5.69 Å². The van der Waals surface area contributed by atoms with Crippen molar-refractivity contribution in [3.8, 4) is 5.75 Å². The van der Waals surface area contributed by atoms with Gasteiger partial charge in [-0.25, -0.2) is 0 Å². The largest absolute Gasteiger partial charge is 0.497 e. The van der Waals surface area contributed by atoms with E-state index < -0.39 is 0 Å². The van der Waals surface area contributed by atoms with Crippen LogP contribution in [0.5, 0.6) is 5.75 Å². The maximum absolute atomic E-state index is 5.90. The Morgan fingerprint density at radius 3 is 2.87 bits per heavy atom. The van der Waals surface area contributed by atoms with Crippen molar-refractivity contribution in [3.63, 3.8) is 0 Å².